The van der Waals surface area contributed by atoms with Gasteiger partial charge in [0.25, 0.3) is 0 Å². The minimum absolute atomic E-state index is 0.0689. The predicted molar refractivity (Wildman–Crippen MR) is 84.7 cm³/mol. The lowest BCUT2D eigenvalue weighted by Gasteiger charge is -2.30. The molecule has 4 heteroatoms. The Morgan fingerprint density at radius 1 is 1.38 bits per heavy atom. The van der Waals surface area contributed by atoms with Crippen molar-refractivity contribution in [2.24, 2.45) is 0 Å². The summed E-state index contributed by atoms with van der Waals surface area (Å²) in [6.45, 7) is 7.72. The van der Waals surface area contributed by atoms with Gasteiger partial charge < -0.3 is 15.4 Å². The topological polar surface area (TPSA) is 50.4 Å². The van der Waals surface area contributed by atoms with Crippen LogP contribution in [-0.2, 0) is 4.79 Å². The Morgan fingerprint density at radius 2 is 2.19 bits per heavy atom. The highest BCUT2D eigenvalue weighted by Crippen LogP contribution is 2.16. The van der Waals surface area contributed by atoms with E-state index in [1.165, 1.54) is 11.1 Å². The first-order chi connectivity index (χ1) is 10.1. The van der Waals surface area contributed by atoms with Gasteiger partial charge in [-0.25, -0.2) is 0 Å². The molecular formula is C17H26N2O2. The Balaban J connectivity index is 1.72. The molecule has 21 heavy (non-hydrogen) atoms. The summed E-state index contributed by atoms with van der Waals surface area (Å²) in [6.07, 6.45) is 2.57. The molecule has 2 atom stereocenters. The van der Waals surface area contributed by atoms with Crippen LogP contribution in [0.5, 0.6) is 5.75 Å². The molecule has 2 N–H and O–H groups in total. The lowest BCUT2D eigenvalue weighted by atomic mass is 10.00. The molecule has 0 radical (unpaired) electrons. The fourth-order valence-electron chi connectivity index (χ4n) is 2.59. The zero-order valence-electron chi connectivity index (χ0n) is 13.2. The Hall–Kier alpha value is -1.55. The van der Waals surface area contributed by atoms with Crippen LogP contribution in [0.3, 0.4) is 0 Å². The van der Waals surface area contributed by atoms with E-state index in [0.717, 1.165) is 25.1 Å². The number of nitrogens with one attached hydrogen (secondary N) is 2. The summed E-state index contributed by atoms with van der Waals surface area (Å²) in [5.74, 6) is 0.901. The van der Waals surface area contributed by atoms with Gasteiger partial charge in [-0.1, -0.05) is 6.07 Å². The molecule has 1 heterocycles. The van der Waals surface area contributed by atoms with Gasteiger partial charge in [0.05, 0.1) is 13.0 Å². The van der Waals surface area contributed by atoms with E-state index in [1.54, 1.807) is 0 Å². The number of benzene rings is 1. The van der Waals surface area contributed by atoms with Crippen molar-refractivity contribution >= 4 is 5.91 Å². The van der Waals surface area contributed by atoms with E-state index in [0.29, 0.717) is 19.1 Å². The second kappa shape index (κ2) is 7.46. The van der Waals surface area contributed by atoms with Crippen molar-refractivity contribution in [2.75, 3.05) is 13.2 Å². The third kappa shape index (κ3) is 4.74. The van der Waals surface area contributed by atoms with Crippen molar-refractivity contribution in [1.82, 2.24) is 10.6 Å². The average Bonchev–Trinajstić information content (AvgIpc) is 2.45. The fraction of sp³-hybridized carbons (Fsp3) is 0.588. The summed E-state index contributed by atoms with van der Waals surface area (Å²) in [6, 6.07) is 6.60. The van der Waals surface area contributed by atoms with Gasteiger partial charge in [-0.3, -0.25) is 4.79 Å². The van der Waals surface area contributed by atoms with E-state index in [2.05, 4.69) is 31.4 Å². The Bertz CT molecular complexity index is 488. The number of carbonyl (C=O) groups excluding carboxylic acids is 1. The van der Waals surface area contributed by atoms with Gasteiger partial charge in [-0.05, 0) is 63.4 Å². The molecule has 4 nitrogen and oxygen atoms in total. The Morgan fingerprint density at radius 3 is 2.90 bits per heavy atom. The number of amides is 1. The van der Waals surface area contributed by atoms with Gasteiger partial charge in [-0.2, -0.15) is 0 Å². The molecule has 1 aromatic rings. The number of carbonyl (C=O) groups is 1. The van der Waals surface area contributed by atoms with E-state index >= 15 is 0 Å². The first-order valence-electron chi connectivity index (χ1n) is 7.79. The average molecular weight is 290 g/mol. The molecule has 1 amide bonds. The van der Waals surface area contributed by atoms with Gasteiger partial charge in [0.2, 0.25) is 5.91 Å². The van der Waals surface area contributed by atoms with E-state index in [9.17, 15) is 4.79 Å². The van der Waals surface area contributed by atoms with Crippen molar-refractivity contribution in [2.45, 2.75) is 52.1 Å². The highest BCUT2D eigenvalue weighted by Gasteiger charge is 2.21. The lowest BCUT2D eigenvalue weighted by Crippen LogP contribution is -2.52. The van der Waals surface area contributed by atoms with Crippen molar-refractivity contribution in [3.8, 4) is 5.75 Å². The molecule has 0 aliphatic carbocycles. The van der Waals surface area contributed by atoms with Crippen LogP contribution in [0.4, 0.5) is 0 Å². The molecule has 0 bridgehead atoms. The zero-order chi connectivity index (χ0) is 15.2. The van der Waals surface area contributed by atoms with Crippen molar-refractivity contribution in [3.63, 3.8) is 0 Å². The molecule has 0 aromatic heterocycles. The fourth-order valence-corrected chi connectivity index (χ4v) is 2.59. The molecule has 116 valence electrons. The standard InChI is InChI=1S/C17H26N2O2/c1-12-6-7-15(11-13(12)2)21-10-8-17(20)19-16-5-4-9-18-14(16)3/h6-7,11,14,16,18H,4-5,8-10H2,1-3H3,(H,19,20). The second-order valence-electron chi connectivity index (χ2n) is 5.90. The predicted octanol–water partition coefficient (Wildman–Crippen LogP) is 2.33. The zero-order valence-corrected chi connectivity index (χ0v) is 13.2. The van der Waals surface area contributed by atoms with Crippen molar-refractivity contribution < 1.29 is 9.53 Å². The normalized spacial score (nSPS) is 21.9. The Labute approximate surface area is 127 Å². The van der Waals surface area contributed by atoms with Crippen molar-refractivity contribution in [1.29, 1.82) is 0 Å². The molecule has 2 rings (SSSR count). The van der Waals surface area contributed by atoms with Gasteiger partial charge in [0, 0.05) is 12.1 Å². The monoisotopic (exact) mass is 290 g/mol. The number of piperidine rings is 1. The molecule has 1 saturated heterocycles. The third-order valence-electron chi connectivity index (χ3n) is 4.18. The highest BCUT2D eigenvalue weighted by atomic mass is 16.5. The summed E-state index contributed by atoms with van der Waals surface area (Å²) in [7, 11) is 0. The van der Waals surface area contributed by atoms with Crippen LogP contribution in [-0.4, -0.2) is 31.1 Å². The molecule has 2 unspecified atom stereocenters. The first-order valence-corrected chi connectivity index (χ1v) is 7.79. The molecule has 0 spiro atoms. The van der Waals surface area contributed by atoms with E-state index in [1.807, 2.05) is 18.2 Å². The SMILES string of the molecule is Cc1ccc(OCCC(=O)NC2CCCNC2C)cc1C. The maximum atomic E-state index is 11.9. The van der Waals surface area contributed by atoms with Crippen LogP contribution in [0, 0.1) is 13.8 Å². The van der Waals surface area contributed by atoms with E-state index < -0.39 is 0 Å². The molecule has 1 aliphatic heterocycles. The van der Waals surface area contributed by atoms with E-state index in [4.69, 9.17) is 4.74 Å². The van der Waals surface area contributed by atoms with Crippen molar-refractivity contribution in [3.05, 3.63) is 29.3 Å². The van der Waals surface area contributed by atoms with Crippen LogP contribution >= 0.6 is 0 Å². The smallest absolute Gasteiger partial charge is 0.223 e. The van der Waals surface area contributed by atoms with Crippen LogP contribution < -0.4 is 15.4 Å². The quantitative estimate of drug-likeness (QED) is 0.875. The van der Waals surface area contributed by atoms with Gasteiger partial charge in [-0.15, -0.1) is 0 Å². The largest absolute Gasteiger partial charge is 0.493 e. The number of hydrogen-bond acceptors (Lipinski definition) is 3. The summed E-state index contributed by atoms with van der Waals surface area (Å²) >= 11 is 0. The number of ether oxygens (including phenoxy) is 1. The van der Waals surface area contributed by atoms with Crippen LogP contribution in [0.1, 0.15) is 37.3 Å². The maximum Gasteiger partial charge on any atom is 0.223 e. The maximum absolute atomic E-state index is 11.9. The number of rotatable bonds is 5. The summed E-state index contributed by atoms with van der Waals surface area (Å²) in [5.41, 5.74) is 2.46. The molecule has 1 aliphatic rings. The van der Waals surface area contributed by atoms with Gasteiger partial charge >= 0.3 is 0 Å². The number of hydrogen-bond donors (Lipinski definition) is 2. The van der Waals surface area contributed by atoms with E-state index in [-0.39, 0.29) is 11.9 Å². The summed E-state index contributed by atoms with van der Waals surface area (Å²) in [5, 5.41) is 6.48. The highest BCUT2D eigenvalue weighted by molar-refractivity contribution is 5.76. The molecule has 1 fully saturated rings. The third-order valence-corrected chi connectivity index (χ3v) is 4.18. The summed E-state index contributed by atoms with van der Waals surface area (Å²) < 4.78 is 5.65. The van der Waals surface area contributed by atoms with Gasteiger partial charge in [0.1, 0.15) is 5.75 Å². The lowest BCUT2D eigenvalue weighted by molar-refractivity contribution is -0.122. The van der Waals surface area contributed by atoms with Crippen LogP contribution in [0.2, 0.25) is 0 Å². The van der Waals surface area contributed by atoms with Gasteiger partial charge in [0.15, 0.2) is 0 Å². The molecular weight excluding hydrogens is 264 g/mol. The summed E-state index contributed by atoms with van der Waals surface area (Å²) in [4.78, 5) is 11.9. The minimum Gasteiger partial charge on any atom is -0.493 e. The first kappa shape index (κ1) is 15.8. The molecule has 0 saturated carbocycles. The van der Waals surface area contributed by atoms with Crippen LogP contribution in [0.15, 0.2) is 18.2 Å². The number of aryl methyl sites for hydroxylation is 2. The van der Waals surface area contributed by atoms with Crippen LogP contribution in [0.25, 0.3) is 0 Å². The second-order valence-corrected chi connectivity index (χ2v) is 5.90. The Kier molecular flexibility index (Phi) is 5.62. The minimum atomic E-state index is 0.0689. The molecule has 1 aromatic carbocycles.